The van der Waals surface area contributed by atoms with Crippen LogP contribution in [0.2, 0.25) is 0 Å². The Labute approximate surface area is 155 Å². The van der Waals surface area contributed by atoms with E-state index in [4.69, 9.17) is 0 Å². The van der Waals surface area contributed by atoms with Gasteiger partial charge in [-0.25, -0.2) is 8.42 Å². The number of piperazine rings is 1. The van der Waals surface area contributed by atoms with Crippen molar-refractivity contribution in [3.05, 3.63) is 65.5 Å². The van der Waals surface area contributed by atoms with E-state index in [0.717, 1.165) is 26.2 Å². The van der Waals surface area contributed by atoms with Crippen molar-refractivity contribution >= 4 is 9.84 Å². The van der Waals surface area contributed by atoms with Crippen LogP contribution >= 0.6 is 0 Å². The molecule has 2 saturated heterocycles. The van der Waals surface area contributed by atoms with Gasteiger partial charge in [0.25, 0.3) is 0 Å². The maximum Gasteiger partial charge on any atom is 0.153 e. The molecule has 2 aliphatic rings. The average Bonchev–Trinajstić information content (AvgIpc) is 2.96. The highest BCUT2D eigenvalue weighted by atomic mass is 32.2. The molecule has 0 radical (unpaired) electrons. The molecular formula is C20H25N3O2S. The second kappa shape index (κ2) is 7.10. The Bertz CT molecular complexity index is 852. The molecule has 2 aromatic rings. The minimum absolute atomic E-state index is 0.0763. The lowest BCUT2D eigenvalue weighted by Gasteiger charge is -2.44. The number of fused-ring (bicyclic) bond motifs is 1. The van der Waals surface area contributed by atoms with Gasteiger partial charge >= 0.3 is 0 Å². The lowest BCUT2D eigenvalue weighted by Crippen LogP contribution is -2.58. The third kappa shape index (κ3) is 3.82. The summed E-state index contributed by atoms with van der Waals surface area (Å²) in [7, 11) is -2.98. The van der Waals surface area contributed by atoms with E-state index >= 15 is 0 Å². The van der Waals surface area contributed by atoms with E-state index < -0.39 is 9.84 Å². The summed E-state index contributed by atoms with van der Waals surface area (Å²) in [6, 6.07) is 12.7. The van der Waals surface area contributed by atoms with Crippen LogP contribution in [0.15, 0.2) is 48.8 Å². The molecule has 1 aromatic heterocycles. The molecule has 1 aromatic carbocycles. The first-order valence-electron chi connectivity index (χ1n) is 9.13. The monoisotopic (exact) mass is 371 g/mol. The molecule has 0 amide bonds. The van der Waals surface area contributed by atoms with Crippen molar-refractivity contribution in [3.63, 3.8) is 0 Å². The fraction of sp³-hybridized carbons (Fsp3) is 0.450. The summed E-state index contributed by atoms with van der Waals surface area (Å²) < 4.78 is 24.7. The van der Waals surface area contributed by atoms with Gasteiger partial charge in [-0.15, -0.1) is 0 Å². The molecular weight excluding hydrogens is 346 g/mol. The molecule has 26 heavy (non-hydrogen) atoms. The molecule has 2 atom stereocenters. The van der Waals surface area contributed by atoms with Gasteiger partial charge in [0.1, 0.15) is 0 Å². The first-order valence-corrected chi connectivity index (χ1v) is 11.0. The Balaban J connectivity index is 1.52. The van der Waals surface area contributed by atoms with E-state index in [1.165, 1.54) is 16.7 Å². The van der Waals surface area contributed by atoms with Gasteiger partial charge in [0.15, 0.2) is 9.84 Å². The molecule has 0 saturated carbocycles. The lowest BCUT2D eigenvalue weighted by molar-refractivity contribution is 0.0355. The maximum absolute atomic E-state index is 12.4. The molecule has 0 unspecified atom stereocenters. The number of hydrogen-bond acceptors (Lipinski definition) is 5. The molecule has 0 spiro atoms. The van der Waals surface area contributed by atoms with Gasteiger partial charge < -0.3 is 0 Å². The normalized spacial score (nSPS) is 25.9. The van der Waals surface area contributed by atoms with Crippen molar-refractivity contribution in [1.29, 1.82) is 0 Å². The summed E-state index contributed by atoms with van der Waals surface area (Å²) in [6.45, 7) is 5.49. The van der Waals surface area contributed by atoms with Gasteiger partial charge in [0, 0.05) is 50.7 Å². The van der Waals surface area contributed by atoms with Crippen LogP contribution in [-0.2, 0) is 22.9 Å². The SMILES string of the molecule is Cc1ccc(CN2CCN(Cc3ccncc3)[C@H]3CS(=O)(=O)C[C@H]32)cc1. The smallest absolute Gasteiger partial charge is 0.153 e. The number of pyridine rings is 1. The van der Waals surface area contributed by atoms with E-state index in [-0.39, 0.29) is 23.6 Å². The fourth-order valence-corrected chi connectivity index (χ4v) is 6.18. The number of aryl methyl sites for hydroxylation is 1. The van der Waals surface area contributed by atoms with E-state index in [1.54, 1.807) is 12.4 Å². The van der Waals surface area contributed by atoms with Crippen molar-refractivity contribution in [3.8, 4) is 0 Å². The number of sulfone groups is 1. The molecule has 0 N–H and O–H groups in total. The minimum Gasteiger partial charge on any atom is -0.292 e. The Morgan fingerprint density at radius 2 is 1.38 bits per heavy atom. The zero-order chi connectivity index (χ0) is 18.1. The zero-order valence-corrected chi connectivity index (χ0v) is 15.9. The zero-order valence-electron chi connectivity index (χ0n) is 15.1. The van der Waals surface area contributed by atoms with Gasteiger partial charge in [-0.05, 0) is 30.2 Å². The second-order valence-electron chi connectivity index (χ2n) is 7.49. The summed E-state index contributed by atoms with van der Waals surface area (Å²) in [5.74, 6) is 0.545. The van der Waals surface area contributed by atoms with Crippen LogP contribution < -0.4 is 0 Å². The summed E-state index contributed by atoms with van der Waals surface area (Å²) in [6.07, 6.45) is 3.59. The highest BCUT2D eigenvalue weighted by Crippen LogP contribution is 2.29. The van der Waals surface area contributed by atoms with Gasteiger partial charge in [-0.3, -0.25) is 14.8 Å². The minimum atomic E-state index is -2.98. The van der Waals surface area contributed by atoms with Gasteiger partial charge in [-0.1, -0.05) is 29.8 Å². The lowest BCUT2D eigenvalue weighted by atomic mass is 10.0. The highest BCUT2D eigenvalue weighted by Gasteiger charge is 2.46. The van der Waals surface area contributed by atoms with Crippen molar-refractivity contribution in [2.45, 2.75) is 32.1 Å². The van der Waals surface area contributed by atoms with Gasteiger partial charge in [-0.2, -0.15) is 0 Å². The topological polar surface area (TPSA) is 53.5 Å². The quantitative estimate of drug-likeness (QED) is 0.821. The Morgan fingerprint density at radius 3 is 1.92 bits per heavy atom. The van der Waals surface area contributed by atoms with Crippen molar-refractivity contribution in [1.82, 2.24) is 14.8 Å². The summed E-state index contributed by atoms with van der Waals surface area (Å²) in [4.78, 5) is 8.78. The number of nitrogens with zero attached hydrogens (tertiary/aromatic N) is 3. The Kier molecular flexibility index (Phi) is 4.82. The standard InChI is InChI=1S/C20H25N3O2S/c1-16-2-4-17(5-3-16)12-22-10-11-23(13-18-6-8-21-9-7-18)20-15-26(24,25)14-19(20)22/h2-9,19-20H,10-15H2,1H3/t19-,20+/m1/s1. The Morgan fingerprint density at radius 1 is 0.885 bits per heavy atom. The van der Waals surface area contributed by atoms with E-state index in [9.17, 15) is 8.42 Å². The van der Waals surface area contributed by atoms with E-state index in [2.05, 4.69) is 46.0 Å². The molecule has 138 valence electrons. The summed E-state index contributed by atoms with van der Waals surface area (Å²) in [5.41, 5.74) is 3.69. The van der Waals surface area contributed by atoms with Crippen LogP contribution in [0.25, 0.3) is 0 Å². The summed E-state index contributed by atoms with van der Waals surface area (Å²) in [5, 5.41) is 0. The predicted octanol–water partition coefficient (Wildman–Crippen LogP) is 1.87. The molecule has 2 fully saturated rings. The molecule has 3 heterocycles. The predicted molar refractivity (Wildman–Crippen MR) is 102 cm³/mol. The van der Waals surface area contributed by atoms with Crippen LogP contribution in [0.3, 0.4) is 0 Å². The van der Waals surface area contributed by atoms with E-state index in [1.807, 2.05) is 12.1 Å². The fourth-order valence-electron chi connectivity index (χ4n) is 4.14. The maximum atomic E-state index is 12.4. The number of rotatable bonds is 4. The molecule has 6 heteroatoms. The molecule has 5 nitrogen and oxygen atoms in total. The van der Waals surface area contributed by atoms with Crippen LogP contribution in [0, 0.1) is 6.92 Å². The van der Waals surface area contributed by atoms with Crippen molar-refractivity contribution in [2.75, 3.05) is 24.6 Å². The highest BCUT2D eigenvalue weighted by molar-refractivity contribution is 7.91. The first-order chi connectivity index (χ1) is 12.5. The van der Waals surface area contributed by atoms with Crippen LogP contribution in [0.1, 0.15) is 16.7 Å². The molecule has 2 aliphatic heterocycles. The average molecular weight is 372 g/mol. The van der Waals surface area contributed by atoms with Crippen LogP contribution in [0.5, 0.6) is 0 Å². The largest absolute Gasteiger partial charge is 0.292 e. The van der Waals surface area contributed by atoms with Gasteiger partial charge in [0.2, 0.25) is 0 Å². The summed E-state index contributed by atoms with van der Waals surface area (Å²) >= 11 is 0. The molecule has 0 aliphatic carbocycles. The first kappa shape index (κ1) is 17.6. The molecule has 0 bridgehead atoms. The number of aromatic nitrogens is 1. The van der Waals surface area contributed by atoms with Crippen molar-refractivity contribution < 1.29 is 8.42 Å². The third-order valence-electron chi connectivity index (χ3n) is 5.55. The van der Waals surface area contributed by atoms with E-state index in [0.29, 0.717) is 0 Å². The molecule has 4 rings (SSSR count). The van der Waals surface area contributed by atoms with Crippen LogP contribution in [0.4, 0.5) is 0 Å². The van der Waals surface area contributed by atoms with Crippen LogP contribution in [-0.4, -0.2) is 59.9 Å². The number of hydrogen-bond donors (Lipinski definition) is 0. The number of benzene rings is 1. The van der Waals surface area contributed by atoms with Crippen molar-refractivity contribution in [2.24, 2.45) is 0 Å². The van der Waals surface area contributed by atoms with Gasteiger partial charge in [0.05, 0.1) is 11.5 Å². The third-order valence-corrected chi connectivity index (χ3v) is 7.25. The second-order valence-corrected chi connectivity index (χ2v) is 9.65. The Hall–Kier alpha value is -1.76.